The Morgan fingerprint density at radius 1 is 1.19 bits per heavy atom. The zero-order valence-corrected chi connectivity index (χ0v) is 14.4. The number of halogens is 1. The third kappa shape index (κ3) is 5.29. The van der Waals surface area contributed by atoms with Crippen LogP contribution in [0.4, 0.5) is 4.39 Å². The maximum absolute atomic E-state index is 13.2. The van der Waals surface area contributed by atoms with Crippen LogP contribution in [0.1, 0.15) is 29.9 Å². The van der Waals surface area contributed by atoms with Crippen LogP contribution in [0.25, 0.3) is 17.3 Å². The first-order chi connectivity index (χ1) is 12.3. The molecule has 2 aromatic rings. The largest absolute Gasteiger partial charge is 0.481 e. The van der Waals surface area contributed by atoms with E-state index in [-0.39, 0.29) is 12.2 Å². The molecule has 0 aliphatic rings. The number of aliphatic hydroxyl groups is 1. The summed E-state index contributed by atoms with van der Waals surface area (Å²) in [4.78, 5) is 30.7. The number of benzene rings is 1. The lowest BCUT2D eigenvalue weighted by Crippen LogP contribution is -2.14. The molecule has 0 aliphatic heterocycles. The molecule has 0 amide bonds. The summed E-state index contributed by atoms with van der Waals surface area (Å²) in [5, 5.41) is 18.5. The Labute approximate surface area is 150 Å². The average Bonchev–Trinajstić information content (AvgIpc) is 2.53. The smallest absolute Gasteiger partial charge is 0.310 e. The number of Topliss-reactive ketones (excluding diaryl/α,β-unsaturated/α-hetero) is 1. The lowest BCUT2D eigenvalue weighted by atomic mass is 10.0. The van der Waals surface area contributed by atoms with E-state index in [0.717, 1.165) is 0 Å². The van der Waals surface area contributed by atoms with Crippen LogP contribution in [0, 0.1) is 19.7 Å². The molecule has 1 atom stereocenters. The van der Waals surface area contributed by atoms with Gasteiger partial charge in [0.2, 0.25) is 0 Å². The van der Waals surface area contributed by atoms with Crippen LogP contribution in [0.15, 0.2) is 30.3 Å². The van der Waals surface area contributed by atoms with Gasteiger partial charge in [-0.25, -0.2) is 14.4 Å². The summed E-state index contributed by atoms with van der Waals surface area (Å²) < 4.78 is 13.2. The number of aromatic nitrogens is 2. The first kappa shape index (κ1) is 19.4. The van der Waals surface area contributed by atoms with Crippen LogP contribution < -0.4 is 0 Å². The molecule has 0 radical (unpaired) electrons. The molecule has 2 rings (SSSR count). The Balaban J connectivity index is 2.29. The number of carboxylic acids is 1. The number of nitrogens with zero attached hydrogens (tertiary/aromatic N) is 2. The lowest BCUT2D eigenvalue weighted by Gasteiger charge is -2.10. The van der Waals surface area contributed by atoms with E-state index in [2.05, 4.69) is 9.97 Å². The highest BCUT2D eigenvalue weighted by atomic mass is 19.1. The first-order valence-electron chi connectivity index (χ1n) is 7.97. The topological polar surface area (TPSA) is 100 Å². The number of aliphatic carboxylic acids is 1. The molecule has 1 aromatic carbocycles. The fourth-order valence-corrected chi connectivity index (χ4v) is 2.50. The Hall–Kier alpha value is -2.93. The van der Waals surface area contributed by atoms with Crippen molar-refractivity contribution in [1.82, 2.24) is 9.97 Å². The van der Waals surface area contributed by atoms with Crippen molar-refractivity contribution in [3.63, 3.8) is 0 Å². The summed E-state index contributed by atoms with van der Waals surface area (Å²) in [5.74, 6) is -1.60. The van der Waals surface area contributed by atoms with Gasteiger partial charge in [-0.1, -0.05) is 12.2 Å². The van der Waals surface area contributed by atoms with E-state index in [9.17, 15) is 19.1 Å². The molecular weight excluding hydrogens is 339 g/mol. The predicted molar refractivity (Wildman–Crippen MR) is 93.8 cm³/mol. The highest BCUT2D eigenvalue weighted by Crippen LogP contribution is 2.25. The maximum atomic E-state index is 13.2. The number of aliphatic hydroxyl groups excluding tert-OH is 1. The van der Waals surface area contributed by atoms with E-state index < -0.39 is 24.3 Å². The van der Waals surface area contributed by atoms with Crippen LogP contribution in [0.3, 0.4) is 0 Å². The van der Waals surface area contributed by atoms with Crippen LogP contribution in [-0.4, -0.2) is 38.0 Å². The van der Waals surface area contributed by atoms with E-state index in [1.165, 1.54) is 18.2 Å². The molecule has 2 N–H and O–H groups in total. The van der Waals surface area contributed by atoms with Crippen molar-refractivity contribution in [2.24, 2.45) is 0 Å². The molecule has 1 aromatic heterocycles. The van der Waals surface area contributed by atoms with Gasteiger partial charge in [0.05, 0.1) is 11.8 Å². The van der Waals surface area contributed by atoms with E-state index in [1.54, 1.807) is 32.1 Å². The number of ketones is 1. The molecule has 0 aliphatic carbocycles. The lowest BCUT2D eigenvalue weighted by molar-refractivity contribution is -0.140. The quantitative estimate of drug-likeness (QED) is 0.738. The molecule has 6 nitrogen and oxygen atoms in total. The van der Waals surface area contributed by atoms with Crippen molar-refractivity contribution in [1.29, 1.82) is 0 Å². The molecular formula is C19H19FN2O4. The molecule has 7 heteroatoms. The van der Waals surface area contributed by atoms with Gasteiger partial charge < -0.3 is 10.2 Å². The van der Waals surface area contributed by atoms with Crippen LogP contribution in [0.2, 0.25) is 0 Å². The maximum Gasteiger partial charge on any atom is 0.310 e. The second kappa shape index (κ2) is 8.44. The SMILES string of the molecule is Cc1nc(C)c(C=CC(O)CC(=O)CC(=O)O)c(-c2ccc(F)cc2)n1. The fourth-order valence-electron chi connectivity index (χ4n) is 2.50. The van der Waals surface area contributed by atoms with E-state index in [1.807, 2.05) is 0 Å². The minimum absolute atomic E-state index is 0.291. The molecule has 1 unspecified atom stereocenters. The van der Waals surface area contributed by atoms with Gasteiger partial charge >= 0.3 is 5.97 Å². The molecule has 1 heterocycles. The minimum atomic E-state index is -1.23. The average molecular weight is 358 g/mol. The summed E-state index contributed by atoms with van der Waals surface area (Å²) in [7, 11) is 0. The molecule has 0 saturated carbocycles. The van der Waals surface area contributed by atoms with Gasteiger partial charge in [0.25, 0.3) is 0 Å². The van der Waals surface area contributed by atoms with Gasteiger partial charge in [0.1, 0.15) is 23.8 Å². The molecule has 0 spiro atoms. The van der Waals surface area contributed by atoms with Crippen molar-refractivity contribution < 1.29 is 24.2 Å². The second-order valence-electron chi connectivity index (χ2n) is 5.87. The Morgan fingerprint density at radius 2 is 1.85 bits per heavy atom. The Kier molecular flexibility index (Phi) is 6.30. The number of carbonyl (C=O) groups is 2. The molecule has 26 heavy (non-hydrogen) atoms. The van der Waals surface area contributed by atoms with Crippen LogP contribution in [-0.2, 0) is 9.59 Å². The number of rotatable bonds is 7. The van der Waals surface area contributed by atoms with Crippen molar-refractivity contribution in [3.05, 3.63) is 53.2 Å². The van der Waals surface area contributed by atoms with E-state index in [4.69, 9.17) is 5.11 Å². The second-order valence-corrected chi connectivity index (χ2v) is 5.87. The van der Waals surface area contributed by atoms with Crippen molar-refractivity contribution >= 4 is 17.8 Å². The fraction of sp³-hybridized carbons (Fsp3) is 0.263. The van der Waals surface area contributed by atoms with E-state index >= 15 is 0 Å². The van der Waals surface area contributed by atoms with Gasteiger partial charge in [-0.2, -0.15) is 0 Å². The van der Waals surface area contributed by atoms with Gasteiger partial charge in [0, 0.05) is 23.2 Å². The standard InChI is InChI=1S/C19H19FN2O4/c1-11-17(8-7-15(23)9-16(24)10-18(25)26)19(22-12(2)21-11)13-3-5-14(20)6-4-13/h3-8,15,23H,9-10H2,1-2H3,(H,25,26). The highest BCUT2D eigenvalue weighted by molar-refractivity contribution is 5.95. The third-order valence-corrected chi connectivity index (χ3v) is 3.64. The number of aryl methyl sites for hydroxylation is 2. The highest BCUT2D eigenvalue weighted by Gasteiger charge is 2.14. The number of hydrogen-bond acceptors (Lipinski definition) is 5. The molecule has 0 bridgehead atoms. The zero-order chi connectivity index (χ0) is 19.3. The van der Waals surface area contributed by atoms with Crippen molar-refractivity contribution in [2.75, 3.05) is 0 Å². The van der Waals surface area contributed by atoms with Gasteiger partial charge in [-0.15, -0.1) is 0 Å². The van der Waals surface area contributed by atoms with Gasteiger partial charge in [-0.05, 0) is 38.1 Å². The summed E-state index contributed by atoms with van der Waals surface area (Å²) in [6, 6.07) is 5.85. The monoisotopic (exact) mass is 358 g/mol. The summed E-state index contributed by atoms with van der Waals surface area (Å²) in [5.41, 5.74) is 2.57. The predicted octanol–water partition coefficient (Wildman–Crippen LogP) is 2.71. The summed E-state index contributed by atoms with van der Waals surface area (Å²) >= 11 is 0. The van der Waals surface area contributed by atoms with E-state index in [0.29, 0.717) is 28.3 Å². The number of carbonyl (C=O) groups excluding carboxylic acids is 1. The summed E-state index contributed by atoms with van der Waals surface area (Å²) in [6.07, 6.45) is 0.947. The first-order valence-corrected chi connectivity index (χ1v) is 7.97. The zero-order valence-electron chi connectivity index (χ0n) is 14.4. The van der Waals surface area contributed by atoms with Gasteiger partial charge in [-0.3, -0.25) is 9.59 Å². The molecule has 0 fully saturated rings. The molecule has 136 valence electrons. The summed E-state index contributed by atoms with van der Waals surface area (Å²) in [6.45, 7) is 3.52. The van der Waals surface area contributed by atoms with Gasteiger partial charge in [0.15, 0.2) is 0 Å². The minimum Gasteiger partial charge on any atom is -0.481 e. The number of hydrogen-bond donors (Lipinski definition) is 2. The van der Waals surface area contributed by atoms with Crippen molar-refractivity contribution in [2.45, 2.75) is 32.8 Å². The number of carboxylic acid groups (broad SMARTS) is 1. The molecule has 0 saturated heterocycles. The third-order valence-electron chi connectivity index (χ3n) is 3.64. The van der Waals surface area contributed by atoms with Crippen molar-refractivity contribution in [3.8, 4) is 11.3 Å². The normalized spacial score (nSPS) is 12.3. The Bertz CT molecular complexity index is 847. The van der Waals surface area contributed by atoms with Crippen LogP contribution >= 0.6 is 0 Å². The Morgan fingerprint density at radius 3 is 2.46 bits per heavy atom. The van der Waals surface area contributed by atoms with Crippen LogP contribution in [0.5, 0.6) is 0 Å².